The zero-order chi connectivity index (χ0) is 19.5. The Labute approximate surface area is 157 Å². The van der Waals surface area contributed by atoms with Gasteiger partial charge in [-0.05, 0) is 42.5 Å². The first-order valence-electron chi connectivity index (χ1n) is 8.25. The van der Waals surface area contributed by atoms with Crippen LogP contribution in [0.25, 0.3) is 11.0 Å². The lowest BCUT2D eigenvalue weighted by molar-refractivity contribution is 0.296. The normalized spacial score (nSPS) is 10.8. The molecule has 2 aromatic heterocycles. The first kappa shape index (κ1) is 17.4. The molecule has 4 rings (SSSR count). The molecule has 0 aliphatic heterocycles. The second-order valence-corrected chi connectivity index (χ2v) is 5.81. The van der Waals surface area contributed by atoms with Gasteiger partial charge in [-0.1, -0.05) is 0 Å². The van der Waals surface area contributed by atoms with E-state index in [0.29, 0.717) is 22.8 Å². The number of nitrogens with zero attached hydrogens (tertiary/aromatic N) is 3. The minimum Gasteiger partial charge on any atom is -0.485 e. The van der Waals surface area contributed by atoms with Gasteiger partial charge in [0.05, 0.1) is 0 Å². The van der Waals surface area contributed by atoms with Crippen LogP contribution in [0, 0.1) is 5.82 Å². The molecule has 0 aliphatic rings. The van der Waals surface area contributed by atoms with E-state index in [1.54, 1.807) is 36.4 Å². The third-order valence-electron chi connectivity index (χ3n) is 3.76. The van der Waals surface area contributed by atoms with Gasteiger partial charge in [-0.3, -0.25) is 0 Å². The molecule has 0 spiro atoms. The summed E-state index contributed by atoms with van der Waals surface area (Å²) in [6.07, 6.45) is 0. The number of aromatic nitrogens is 3. The molecule has 9 heteroatoms. The fraction of sp³-hybridized carbons (Fsp3) is 0.0526. The fourth-order valence-corrected chi connectivity index (χ4v) is 2.50. The molecule has 0 bridgehead atoms. The van der Waals surface area contributed by atoms with Gasteiger partial charge in [0.25, 0.3) is 0 Å². The first-order valence-corrected chi connectivity index (χ1v) is 8.25. The van der Waals surface area contributed by atoms with Crippen LogP contribution < -0.4 is 21.4 Å². The van der Waals surface area contributed by atoms with E-state index in [1.165, 1.54) is 18.2 Å². The van der Waals surface area contributed by atoms with E-state index in [-0.39, 0.29) is 24.3 Å². The van der Waals surface area contributed by atoms with Gasteiger partial charge in [0, 0.05) is 23.2 Å². The summed E-state index contributed by atoms with van der Waals surface area (Å²) in [5, 5.41) is 3.71. The highest BCUT2D eigenvalue weighted by Crippen LogP contribution is 2.20. The average Bonchev–Trinajstić information content (AvgIpc) is 2.67. The summed E-state index contributed by atoms with van der Waals surface area (Å²) in [5.74, 6) is 0.659. The highest BCUT2D eigenvalue weighted by Gasteiger charge is 2.07. The number of anilines is 3. The van der Waals surface area contributed by atoms with Crippen LogP contribution in [0.1, 0.15) is 5.82 Å². The molecule has 0 radical (unpaired) electrons. The number of halogens is 1. The molecule has 2 heterocycles. The Hall–Kier alpha value is -4.01. The number of rotatable bonds is 5. The number of ether oxygens (including phenoxy) is 1. The molecule has 0 aliphatic carbocycles. The molecule has 0 saturated carbocycles. The molecule has 2 aromatic carbocycles. The van der Waals surface area contributed by atoms with Crippen LogP contribution in [-0.2, 0) is 6.61 Å². The maximum absolute atomic E-state index is 13.0. The van der Waals surface area contributed by atoms with E-state index in [4.69, 9.17) is 14.9 Å². The Morgan fingerprint density at radius 3 is 2.64 bits per heavy atom. The van der Waals surface area contributed by atoms with Crippen molar-refractivity contribution in [1.82, 2.24) is 15.0 Å². The molecule has 0 saturated heterocycles. The number of nitrogen functional groups attached to an aromatic ring is 1. The van der Waals surface area contributed by atoms with E-state index in [1.807, 2.05) is 0 Å². The summed E-state index contributed by atoms with van der Waals surface area (Å²) in [5.41, 5.74) is 6.31. The molecule has 3 N–H and O–H groups in total. The standard InChI is InChI=1S/C19H14FN5O3/c20-12-3-5-13(6-4-12)22-19-24-16(23-18(21)25-19)10-27-14-7-1-11-2-8-17(26)28-15(11)9-14/h1-9H,10H2,(H3,21,22,23,24,25). The maximum Gasteiger partial charge on any atom is 0.336 e. The van der Waals surface area contributed by atoms with Gasteiger partial charge in [-0.25, -0.2) is 9.18 Å². The lowest BCUT2D eigenvalue weighted by Crippen LogP contribution is -2.09. The zero-order valence-electron chi connectivity index (χ0n) is 14.4. The summed E-state index contributed by atoms with van der Waals surface area (Å²) in [6.45, 7) is 0.0212. The van der Waals surface area contributed by atoms with E-state index in [2.05, 4.69) is 20.3 Å². The van der Waals surface area contributed by atoms with E-state index in [0.717, 1.165) is 5.39 Å². The quantitative estimate of drug-likeness (QED) is 0.508. The highest BCUT2D eigenvalue weighted by molar-refractivity contribution is 5.77. The zero-order valence-corrected chi connectivity index (χ0v) is 14.4. The lowest BCUT2D eigenvalue weighted by atomic mass is 10.2. The van der Waals surface area contributed by atoms with Crippen molar-refractivity contribution in [3.8, 4) is 5.75 Å². The lowest BCUT2D eigenvalue weighted by Gasteiger charge is -2.09. The molecular weight excluding hydrogens is 365 g/mol. The Bertz CT molecular complexity index is 1190. The number of nitrogens with one attached hydrogen (secondary N) is 1. The van der Waals surface area contributed by atoms with Crippen LogP contribution in [0.2, 0.25) is 0 Å². The van der Waals surface area contributed by atoms with E-state index < -0.39 is 5.63 Å². The van der Waals surface area contributed by atoms with Crippen LogP contribution in [0.5, 0.6) is 5.75 Å². The van der Waals surface area contributed by atoms with E-state index in [9.17, 15) is 9.18 Å². The Balaban J connectivity index is 1.51. The molecule has 0 fully saturated rings. The summed E-state index contributed by atoms with van der Waals surface area (Å²) in [4.78, 5) is 23.6. The van der Waals surface area contributed by atoms with Gasteiger partial charge in [0.2, 0.25) is 11.9 Å². The predicted molar refractivity (Wildman–Crippen MR) is 101 cm³/mol. The van der Waals surface area contributed by atoms with Gasteiger partial charge >= 0.3 is 5.63 Å². The largest absolute Gasteiger partial charge is 0.485 e. The van der Waals surface area contributed by atoms with Crippen molar-refractivity contribution in [1.29, 1.82) is 0 Å². The molecule has 0 unspecified atom stereocenters. The van der Waals surface area contributed by atoms with Crippen LogP contribution >= 0.6 is 0 Å². The van der Waals surface area contributed by atoms with Crippen LogP contribution in [-0.4, -0.2) is 15.0 Å². The molecule has 0 amide bonds. The smallest absolute Gasteiger partial charge is 0.336 e. The molecule has 4 aromatic rings. The van der Waals surface area contributed by atoms with Crippen molar-refractivity contribution in [2.24, 2.45) is 0 Å². The molecule has 28 heavy (non-hydrogen) atoms. The van der Waals surface area contributed by atoms with E-state index >= 15 is 0 Å². The molecule has 140 valence electrons. The van der Waals surface area contributed by atoms with Crippen molar-refractivity contribution in [3.05, 3.63) is 76.7 Å². The van der Waals surface area contributed by atoms with Gasteiger partial charge in [0.15, 0.2) is 5.82 Å². The van der Waals surface area contributed by atoms with Gasteiger partial charge in [-0.2, -0.15) is 15.0 Å². The van der Waals surface area contributed by atoms with Crippen molar-refractivity contribution >= 4 is 28.6 Å². The van der Waals surface area contributed by atoms with Gasteiger partial charge < -0.3 is 20.2 Å². The van der Waals surface area contributed by atoms with Crippen molar-refractivity contribution in [2.75, 3.05) is 11.1 Å². The number of hydrogen-bond donors (Lipinski definition) is 2. The number of benzene rings is 2. The SMILES string of the molecule is Nc1nc(COc2ccc3ccc(=O)oc3c2)nc(Nc2ccc(F)cc2)n1. The Morgan fingerprint density at radius 2 is 1.82 bits per heavy atom. The van der Waals surface area contributed by atoms with Crippen LogP contribution in [0.3, 0.4) is 0 Å². The third kappa shape index (κ3) is 4.04. The van der Waals surface area contributed by atoms with Gasteiger partial charge in [0.1, 0.15) is 23.8 Å². The number of fused-ring (bicyclic) bond motifs is 1. The summed E-state index contributed by atoms with van der Waals surface area (Å²) < 4.78 is 23.8. The molecular formula is C19H14FN5O3. The average molecular weight is 379 g/mol. The predicted octanol–water partition coefficient (Wildman–Crippen LogP) is 3.02. The fourth-order valence-electron chi connectivity index (χ4n) is 2.50. The van der Waals surface area contributed by atoms with Crippen molar-refractivity contribution in [3.63, 3.8) is 0 Å². The van der Waals surface area contributed by atoms with Crippen molar-refractivity contribution < 1.29 is 13.5 Å². The molecule has 0 atom stereocenters. The number of hydrogen-bond acceptors (Lipinski definition) is 8. The van der Waals surface area contributed by atoms with Crippen molar-refractivity contribution in [2.45, 2.75) is 6.61 Å². The summed E-state index contributed by atoms with van der Waals surface area (Å²) in [7, 11) is 0. The van der Waals surface area contributed by atoms with Crippen LogP contribution in [0.4, 0.5) is 22.0 Å². The van der Waals surface area contributed by atoms with Gasteiger partial charge in [-0.15, -0.1) is 0 Å². The maximum atomic E-state index is 13.0. The second kappa shape index (κ2) is 7.31. The minimum absolute atomic E-state index is 0.0164. The minimum atomic E-state index is -0.439. The Kier molecular flexibility index (Phi) is 4.55. The van der Waals surface area contributed by atoms with Crippen LogP contribution in [0.15, 0.2) is 63.8 Å². The third-order valence-corrected chi connectivity index (χ3v) is 3.76. The topological polar surface area (TPSA) is 116 Å². The monoisotopic (exact) mass is 379 g/mol. The Morgan fingerprint density at radius 1 is 1.04 bits per heavy atom. The highest BCUT2D eigenvalue weighted by atomic mass is 19.1. The first-order chi connectivity index (χ1) is 13.5. The summed E-state index contributed by atoms with van der Waals surface area (Å²) >= 11 is 0. The second-order valence-electron chi connectivity index (χ2n) is 5.81. The molecule has 8 nitrogen and oxygen atoms in total. The summed E-state index contributed by atoms with van der Waals surface area (Å²) in [6, 6.07) is 13.9. The number of nitrogens with two attached hydrogens (primary N) is 1.